The van der Waals surface area contributed by atoms with Gasteiger partial charge >= 0.3 is 0 Å². The van der Waals surface area contributed by atoms with Crippen LogP contribution in [0.3, 0.4) is 0 Å². The second-order valence-electron chi connectivity index (χ2n) is 11.9. The standard InChI is InChI=1S/C27H42N2/c1-17-5-7-22-20(13-17)6-8-24-23(22)11-12-27(4)25(9-10-26(24)27)18(2)14-21-16-28-19(3)15-29-21/h15-18,20,22-26H,5-14H2,1-4H3/t17-,18+,20+,22-,23?,24+,25?,26?,27+/m0/s1. The second-order valence-corrected chi connectivity index (χ2v) is 11.9. The van der Waals surface area contributed by atoms with Gasteiger partial charge in [-0.25, -0.2) is 0 Å². The largest absolute Gasteiger partial charge is 0.258 e. The SMILES string of the molecule is Cc1cnc(C[C@@H](C)C2CCC3[C@@H]4CC[C@@H]5C[C@@H](C)CC[C@@H]5C4CC[C@@]32C)cn1. The van der Waals surface area contributed by atoms with Gasteiger partial charge in [0, 0.05) is 12.4 Å². The Morgan fingerprint density at radius 1 is 0.966 bits per heavy atom. The van der Waals surface area contributed by atoms with E-state index in [1.54, 1.807) is 19.3 Å². The molecule has 1 aromatic rings. The molecule has 3 unspecified atom stereocenters. The van der Waals surface area contributed by atoms with Gasteiger partial charge in [0.05, 0.1) is 11.4 Å². The number of fused-ring (bicyclic) bond motifs is 5. The van der Waals surface area contributed by atoms with Crippen molar-refractivity contribution < 1.29 is 0 Å². The van der Waals surface area contributed by atoms with Crippen molar-refractivity contribution in [2.45, 2.75) is 91.9 Å². The maximum atomic E-state index is 4.67. The topological polar surface area (TPSA) is 25.8 Å². The molecule has 0 spiro atoms. The Balaban J connectivity index is 1.30. The molecule has 4 aliphatic carbocycles. The van der Waals surface area contributed by atoms with Crippen LogP contribution in [0.25, 0.3) is 0 Å². The van der Waals surface area contributed by atoms with Crippen molar-refractivity contribution in [3.63, 3.8) is 0 Å². The Morgan fingerprint density at radius 3 is 2.59 bits per heavy atom. The van der Waals surface area contributed by atoms with Crippen molar-refractivity contribution >= 4 is 0 Å². The van der Waals surface area contributed by atoms with Gasteiger partial charge in [-0.3, -0.25) is 9.97 Å². The Morgan fingerprint density at radius 2 is 1.79 bits per heavy atom. The molecule has 0 saturated heterocycles. The van der Waals surface area contributed by atoms with Crippen LogP contribution in [-0.2, 0) is 6.42 Å². The molecule has 5 rings (SSSR count). The van der Waals surface area contributed by atoms with Crippen molar-refractivity contribution in [2.75, 3.05) is 0 Å². The summed E-state index contributed by atoms with van der Waals surface area (Å²) in [5.74, 6) is 7.85. The van der Waals surface area contributed by atoms with Crippen molar-refractivity contribution in [1.82, 2.24) is 9.97 Å². The van der Waals surface area contributed by atoms with Crippen LogP contribution in [0.2, 0.25) is 0 Å². The van der Waals surface area contributed by atoms with Crippen LogP contribution in [0.4, 0.5) is 0 Å². The van der Waals surface area contributed by atoms with Crippen molar-refractivity contribution in [3.8, 4) is 0 Å². The van der Waals surface area contributed by atoms with E-state index in [2.05, 4.69) is 30.7 Å². The highest BCUT2D eigenvalue weighted by atomic mass is 14.8. The Bertz CT molecular complexity index is 712. The van der Waals surface area contributed by atoms with E-state index in [1.807, 2.05) is 19.3 Å². The zero-order valence-electron chi connectivity index (χ0n) is 19.2. The lowest BCUT2D eigenvalue weighted by molar-refractivity contribution is -0.0728. The van der Waals surface area contributed by atoms with E-state index in [1.165, 1.54) is 44.2 Å². The third kappa shape index (κ3) is 3.47. The maximum absolute atomic E-state index is 4.67. The molecule has 0 amide bonds. The second kappa shape index (κ2) is 7.65. The summed E-state index contributed by atoms with van der Waals surface area (Å²) in [6.07, 6.45) is 18.7. The van der Waals surface area contributed by atoms with E-state index in [0.717, 1.165) is 59.5 Å². The highest BCUT2D eigenvalue weighted by Crippen LogP contribution is 2.65. The van der Waals surface area contributed by atoms with Crippen LogP contribution in [0.5, 0.6) is 0 Å². The fourth-order valence-corrected chi connectivity index (χ4v) is 9.06. The summed E-state index contributed by atoms with van der Waals surface area (Å²) >= 11 is 0. The number of hydrogen-bond acceptors (Lipinski definition) is 2. The van der Waals surface area contributed by atoms with Crippen LogP contribution >= 0.6 is 0 Å². The van der Waals surface area contributed by atoms with Crippen molar-refractivity contribution in [1.29, 1.82) is 0 Å². The van der Waals surface area contributed by atoms with E-state index in [-0.39, 0.29) is 0 Å². The Labute approximate surface area is 178 Å². The summed E-state index contributed by atoms with van der Waals surface area (Å²) in [7, 11) is 0. The van der Waals surface area contributed by atoms with Gasteiger partial charge in [0.25, 0.3) is 0 Å². The first-order valence-electron chi connectivity index (χ1n) is 12.7. The molecule has 2 heteroatoms. The monoisotopic (exact) mass is 394 g/mol. The molecule has 4 aliphatic rings. The molecule has 0 aliphatic heterocycles. The zero-order chi connectivity index (χ0) is 20.2. The molecule has 0 bridgehead atoms. The number of hydrogen-bond donors (Lipinski definition) is 0. The summed E-state index contributed by atoms with van der Waals surface area (Å²) in [5, 5.41) is 0. The summed E-state index contributed by atoms with van der Waals surface area (Å²) in [6, 6.07) is 0. The molecule has 0 aromatic carbocycles. The first kappa shape index (κ1) is 20.0. The fraction of sp³-hybridized carbons (Fsp3) is 0.852. The lowest BCUT2D eigenvalue weighted by Gasteiger charge is -2.56. The first-order valence-corrected chi connectivity index (χ1v) is 12.7. The number of rotatable bonds is 3. The molecule has 9 atom stereocenters. The molecule has 0 N–H and O–H groups in total. The quantitative estimate of drug-likeness (QED) is 0.559. The van der Waals surface area contributed by atoms with Gasteiger partial charge in [0.1, 0.15) is 0 Å². The Hall–Kier alpha value is -0.920. The zero-order valence-corrected chi connectivity index (χ0v) is 19.2. The lowest BCUT2D eigenvalue weighted by atomic mass is 9.48. The minimum absolute atomic E-state index is 0.577. The summed E-state index contributed by atoms with van der Waals surface area (Å²) in [4.78, 5) is 9.16. The minimum Gasteiger partial charge on any atom is -0.258 e. The highest BCUT2D eigenvalue weighted by Gasteiger charge is 2.57. The van der Waals surface area contributed by atoms with E-state index >= 15 is 0 Å². The summed E-state index contributed by atoms with van der Waals surface area (Å²) in [5.41, 5.74) is 2.80. The molecule has 4 saturated carbocycles. The van der Waals surface area contributed by atoms with Crippen LogP contribution in [0, 0.1) is 59.7 Å². The molecular weight excluding hydrogens is 352 g/mol. The van der Waals surface area contributed by atoms with E-state index < -0.39 is 0 Å². The van der Waals surface area contributed by atoms with Gasteiger partial charge in [-0.1, -0.05) is 27.2 Å². The van der Waals surface area contributed by atoms with Gasteiger partial charge in [-0.15, -0.1) is 0 Å². The number of aromatic nitrogens is 2. The van der Waals surface area contributed by atoms with E-state index in [0.29, 0.717) is 5.41 Å². The van der Waals surface area contributed by atoms with E-state index in [9.17, 15) is 0 Å². The van der Waals surface area contributed by atoms with Crippen LogP contribution in [0.1, 0.15) is 89.9 Å². The lowest BCUT2D eigenvalue weighted by Crippen LogP contribution is -2.49. The van der Waals surface area contributed by atoms with Crippen molar-refractivity contribution in [3.05, 3.63) is 23.8 Å². The summed E-state index contributed by atoms with van der Waals surface area (Å²) < 4.78 is 0. The third-order valence-electron chi connectivity index (χ3n) is 10.3. The van der Waals surface area contributed by atoms with Gasteiger partial charge in [0.15, 0.2) is 0 Å². The first-order chi connectivity index (χ1) is 14.0. The number of aryl methyl sites for hydroxylation is 1. The van der Waals surface area contributed by atoms with Gasteiger partial charge < -0.3 is 0 Å². The molecule has 0 radical (unpaired) electrons. The number of nitrogens with zero attached hydrogens (tertiary/aromatic N) is 2. The average Bonchev–Trinajstić information content (AvgIpc) is 3.06. The molecule has 160 valence electrons. The average molecular weight is 395 g/mol. The van der Waals surface area contributed by atoms with Gasteiger partial charge in [-0.05, 0) is 117 Å². The van der Waals surface area contributed by atoms with E-state index in [4.69, 9.17) is 0 Å². The summed E-state index contributed by atoms with van der Waals surface area (Å²) in [6.45, 7) is 9.73. The fourth-order valence-electron chi connectivity index (χ4n) is 9.06. The van der Waals surface area contributed by atoms with Crippen LogP contribution < -0.4 is 0 Å². The van der Waals surface area contributed by atoms with Crippen LogP contribution in [0.15, 0.2) is 12.4 Å². The predicted molar refractivity (Wildman–Crippen MR) is 119 cm³/mol. The molecule has 1 heterocycles. The van der Waals surface area contributed by atoms with Gasteiger partial charge in [-0.2, -0.15) is 0 Å². The van der Waals surface area contributed by atoms with Gasteiger partial charge in [0.2, 0.25) is 0 Å². The molecule has 29 heavy (non-hydrogen) atoms. The molecule has 2 nitrogen and oxygen atoms in total. The maximum Gasteiger partial charge on any atom is 0.0589 e. The predicted octanol–water partition coefficient (Wildman–Crippen LogP) is 6.87. The van der Waals surface area contributed by atoms with Crippen molar-refractivity contribution in [2.24, 2.45) is 52.8 Å². The normalized spacial score (nSPS) is 45.2. The molecule has 4 fully saturated rings. The van der Waals surface area contributed by atoms with Crippen LogP contribution in [-0.4, -0.2) is 9.97 Å². The highest BCUT2D eigenvalue weighted by molar-refractivity contribution is 5.08. The molecule has 1 aromatic heterocycles. The minimum atomic E-state index is 0.577. The smallest absolute Gasteiger partial charge is 0.0589 e. The molecular formula is C27H42N2. The Kier molecular flexibility index (Phi) is 5.28. The third-order valence-corrected chi connectivity index (χ3v) is 10.3.